The Balaban J connectivity index is 1.75. The van der Waals surface area contributed by atoms with Gasteiger partial charge >= 0.3 is 6.09 Å². The first-order chi connectivity index (χ1) is 17.8. The van der Waals surface area contributed by atoms with Crippen LogP contribution in [0.15, 0.2) is 30.3 Å². The van der Waals surface area contributed by atoms with Crippen LogP contribution < -0.4 is 14.2 Å². The first-order valence-electron chi connectivity index (χ1n) is 12.5. The second kappa shape index (κ2) is 11.3. The topological polar surface area (TPSA) is 86.8 Å². The number of methoxy groups -OCH3 is 3. The molecular formula is C28H36N2O7. The number of hydrogen-bond donors (Lipinski definition) is 0. The quantitative estimate of drug-likeness (QED) is 0.530. The molecule has 0 aliphatic carbocycles. The van der Waals surface area contributed by atoms with Gasteiger partial charge in [-0.15, -0.1) is 0 Å². The third kappa shape index (κ3) is 5.18. The number of piperazine rings is 1. The van der Waals surface area contributed by atoms with Crippen molar-refractivity contribution in [2.75, 3.05) is 41.0 Å². The van der Waals surface area contributed by atoms with Crippen molar-refractivity contribution < 1.29 is 33.3 Å². The molecule has 200 valence electrons. The number of carbonyl (C=O) groups excluding carboxylic acids is 2. The number of fused-ring (bicyclic) bond motifs is 2. The minimum absolute atomic E-state index is 0.0605. The smallest absolute Gasteiger partial charge is 0.410 e. The Morgan fingerprint density at radius 2 is 1.70 bits per heavy atom. The molecule has 0 unspecified atom stereocenters. The summed E-state index contributed by atoms with van der Waals surface area (Å²) in [6, 6.07) is 9.16. The molecule has 0 radical (unpaired) electrons. The maximum Gasteiger partial charge on any atom is 0.410 e. The lowest BCUT2D eigenvalue weighted by Crippen LogP contribution is -2.61. The summed E-state index contributed by atoms with van der Waals surface area (Å²) in [5, 5.41) is 0. The number of rotatable bonds is 8. The van der Waals surface area contributed by atoms with Gasteiger partial charge in [-0.2, -0.15) is 0 Å². The summed E-state index contributed by atoms with van der Waals surface area (Å²) in [6.07, 6.45) is -0.265. The summed E-state index contributed by atoms with van der Waals surface area (Å²) in [6.45, 7) is 6.44. The van der Waals surface area contributed by atoms with Crippen molar-refractivity contribution in [3.05, 3.63) is 52.6 Å². The Morgan fingerprint density at radius 3 is 2.32 bits per heavy atom. The van der Waals surface area contributed by atoms with Gasteiger partial charge in [-0.25, -0.2) is 4.79 Å². The minimum Gasteiger partial charge on any atom is -0.496 e. The molecule has 1 fully saturated rings. The van der Waals surface area contributed by atoms with Gasteiger partial charge in [0.2, 0.25) is 5.91 Å². The summed E-state index contributed by atoms with van der Waals surface area (Å²) in [5.41, 5.74) is 3.60. The Morgan fingerprint density at radius 1 is 1.03 bits per heavy atom. The van der Waals surface area contributed by atoms with E-state index in [-0.39, 0.29) is 31.2 Å². The molecule has 2 aliphatic rings. The van der Waals surface area contributed by atoms with Gasteiger partial charge in [0.1, 0.15) is 12.3 Å². The van der Waals surface area contributed by atoms with E-state index >= 15 is 0 Å². The maximum atomic E-state index is 13.6. The van der Waals surface area contributed by atoms with E-state index < -0.39 is 12.1 Å². The molecule has 2 aliphatic heterocycles. The predicted molar refractivity (Wildman–Crippen MR) is 137 cm³/mol. The average molecular weight is 513 g/mol. The molecule has 2 amide bonds. The fourth-order valence-electron chi connectivity index (χ4n) is 5.42. The zero-order chi connectivity index (χ0) is 26.7. The van der Waals surface area contributed by atoms with Crippen LogP contribution in [0, 0.1) is 6.92 Å². The summed E-state index contributed by atoms with van der Waals surface area (Å²) in [7, 11) is 4.81. The molecule has 4 rings (SSSR count). The lowest BCUT2D eigenvalue weighted by atomic mass is 9.83. The van der Waals surface area contributed by atoms with Crippen molar-refractivity contribution in [3.63, 3.8) is 0 Å². The molecule has 2 aromatic rings. The standard InChI is InChI=1S/C28H36N2O7/c1-17(2)37-28(32)29-13-20-12-21-24(27(35-6)26(34-5)18(3)25(21)33-4)22(30(20)23(31)14-29)16-36-15-19-10-8-7-9-11-19/h7-11,17,20,22H,12-16H2,1-6H3/t20-,22-/m0/s1. The summed E-state index contributed by atoms with van der Waals surface area (Å²) in [5.74, 6) is 1.65. The van der Waals surface area contributed by atoms with E-state index in [0.717, 1.165) is 22.3 Å². The van der Waals surface area contributed by atoms with Crippen molar-refractivity contribution in [1.29, 1.82) is 0 Å². The van der Waals surface area contributed by atoms with Crippen molar-refractivity contribution in [1.82, 2.24) is 9.80 Å². The second-order valence-electron chi connectivity index (χ2n) is 9.61. The highest BCUT2D eigenvalue weighted by Gasteiger charge is 2.46. The van der Waals surface area contributed by atoms with Gasteiger partial charge in [-0.05, 0) is 32.8 Å². The first kappa shape index (κ1) is 26.6. The van der Waals surface area contributed by atoms with Crippen molar-refractivity contribution >= 4 is 12.0 Å². The van der Waals surface area contributed by atoms with Gasteiger partial charge in [0.15, 0.2) is 11.5 Å². The third-order valence-electron chi connectivity index (χ3n) is 6.87. The predicted octanol–water partition coefficient (Wildman–Crippen LogP) is 3.89. The largest absolute Gasteiger partial charge is 0.496 e. The molecule has 0 spiro atoms. The SMILES string of the molecule is COc1c(C)c(OC)c(OC)c2c1C[C@H]1CN(C(=O)OC(C)C)CC(=O)N1[C@H]2COCc1ccccc1. The van der Waals surface area contributed by atoms with E-state index in [1.165, 1.54) is 4.90 Å². The minimum atomic E-state index is -0.485. The molecule has 9 nitrogen and oxygen atoms in total. The molecule has 0 saturated carbocycles. The van der Waals surface area contributed by atoms with Crippen molar-refractivity contribution in [3.8, 4) is 17.2 Å². The number of hydrogen-bond acceptors (Lipinski definition) is 7. The zero-order valence-corrected chi connectivity index (χ0v) is 22.4. The highest BCUT2D eigenvalue weighted by molar-refractivity contribution is 5.85. The van der Waals surface area contributed by atoms with Crippen LogP contribution in [0.4, 0.5) is 4.79 Å². The Bertz CT molecular complexity index is 1140. The van der Waals surface area contributed by atoms with Crippen molar-refractivity contribution in [2.24, 2.45) is 0 Å². The second-order valence-corrected chi connectivity index (χ2v) is 9.61. The normalized spacial score (nSPS) is 18.8. The third-order valence-corrected chi connectivity index (χ3v) is 6.87. The van der Waals surface area contributed by atoms with Crippen LogP contribution >= 0.6 is 0 Å². The molecule has 2 atom stereocenters. The van der Waals surface area contributed by atoms with Gasteiger partial charge in [0.25, 0.3) is 0 Å². The van der Waals surface area contributed by atoms with E-state index in [2.05, 4.69) is 0 Å². The molecule has 1 saturated heterocycles. The van der Waals surface area contributed by atoms with Gasteiger partial charge in [0, 0.05) is 23.2 Å². The monoisotopic (exact) mass is 512 g/mol. The van der Waals surface area contributed by atoms with Gasteiger partial charge in [-0.1, -0.05) is 30.3 Å². The summed E-state index contributed by atoms with van der Waals surface area (Å²) in [4.78, 5) is 29.6. The number of ether oxygens (including phenoxy) is 5. The molecule has 2 aromatic carbocycles. The molecule has 0 aromatic heterocycles. The van der Waals surface area contributed by atoms with E-state index in [1.807, 2.05) is 42.2 Å². The van der Waals surface area contributed by atoms with Crippen molar-refractivity contribution in [2.45, 2.75) is 52.0 Å². The van der Waals surface area contributed by atoms with Crippen LogP contribution in [0.2, 0.25) is 0 Å². The van der Waals surface area contributed by atoms with Crippen LogP contribution in [0.3, 0.4) is 0 Å². The number of benzene rings is 2. The van der Waals surface area contributed by atoms with Crippen LogP contribution in [0.1, 0.15) is 42.1 Å². The van der Waals surface area contributed by atoms with Gasteiger partial charge in [-0.3, -0.25) is 9.69 Å². The maximum absolute atomic E-state index is 13.6. The lowest BCUT2D eigenvalue weighted by molar-refractivity contribution is -0.146. The average Bonchev–Trinajstić information content (AvgIpc) is 2.87. The first-order valence-corrected chi connectivity index (χ1v) is 12.5. The molecular weight excluding hydrogens is 476 g/mol. The highest BCUT2D eigenvalue weighted by atomic mass is 16.6. The fraction of sp³-hybridized carbons (Fsp3) is 0.500. The Kier molecular flexibility index (Phi) is 8.12. The fourth-order valence-corrected chi connectivity index (χ4v) is 5.42. The number of nitrogens with zero attached hydrogens (tertiary/aromatic N) is 2. The molecule has 0 N–H and O–H groups in total. The molecule has 2 heterocycles. The lowest BCUT2D eigenvalue weighted by Gasteiger charge is -2.48. The zero-order valence-electron chi connectivity index (χ0n) is 22.4. The molecule has 9 heteroatoms. The van der Waals surface area contributed by atoms with Gasteiger partial charge in [0.05, 0.1) is 52.7 Å². The van der Waals surface area contributed by atoms with Crippen LogP contribution in [0.5, 0.6) is 17.2 Å². The number of carbonyl (C=O) groups is 2. The van der Waals surface area contributed by atoms with E-state index in [1.54, 1.807) is 35.2 Å². The summed E-state index contributed by atoms with van der Waals surface area (Å²) >= 11 is 0. The van der Waals surface area contributed by atoms with E-state index in [9.17, 15) is 9.59 Å². The van der Waals surface area contributed by atoms with Gasteiger partial charge < -0.3 is 28.6 Å². The Labute approximate surface area is 218 Å². The molecule has 0 bridgehead atoms. The highest BCUT2D eigenvalue weighted by Crippen LogP contribution is 2.51. The van der Waals surface area contributed by atoms with Crippen LogP contribution in [0.25, 0.3) is 0 Å². The molecule has 37 heavy (non-hydrogen) atoms. The Hall–Kier alpha value is -3.46. The number of amides is 2. The summed E-state index contributed by atoms with van der Waals surface area (Å²) < 4.78 is 29.0. The van der Waals surface area contributed by atoms with Crippen LogP contribution in [-0.4, -0.2) is 75.0 Å². The van der Waals surface area contributed by atoms with E-state index in [0.29, 0.717) is 36.8 Å². The van der Waals surface area contributed by atoms with Crippen LogP contribution in [-0.2, 0) is 27.3 Å². The van der Waals surface area contributed by atoms with E-state index in [4.69, 9.17) is 23.7 Å².